The highest BCUT2D eigenvalue weighted by atomic mass is 16.4. The normalized spacial score (nSPS) is 17.0. The number of phenols is 4. The Bertz CT molecular complexity index is 475. The molecule has 1 aliphatic rings. The van der Waals surface area contributed by atoms with Crippen LogP contribution in [-0.4, -0.2) is 31.5 Å². The number of benzene rings is 1. The summed E-state index contributed by atoms with van der Waals surface area (Å²) in [7, 11) is 0. The monoisotopic (exact) mass is 226 g/mol. The van der Waals surface area contributed by atoms with Gasteiger partial charge in [-0.3, -0.25) is 4.79 Å². The predicted molar refractivity (Wildman–Crippen MR) is 51.6 cm³/mol. The summed E-state index contributed by atoms with van der Waals surface area (Å²) in [5.74, 6) is -4.25. The van der Waals surface area contributed by atoms with Crippen molar-refractivity contribution in [1.82, 2.24) is 0 Å². The van der Waals surface area contributed by atoms with Gasteiger partial charge in [0.25, 0.3) is 0 Å². The van der Waals surface area contributed by atoms with Gasteiger partial charge in [0.15, 0.2) is 11.5 Å². The first-order valence-electron chi connectivity index (χ1n) is 4.61. The summed E-state index contributed by atoms with van der Waals surface area (Å²) in [6.45, 7) is 0. The second-order valence-electron chi connectivity index (χ2n) is 3.88. The fraction of sp³-hybridized carbons (Fsp3) is 0.300. The Labute approximate surface area is 90.0 Å². The molecular weight excluding hydrogens is 216 g/mol. The third-order valence-electron chi connectivity index (χ3n) is 2.90. The minimum absolute atomic E-state index is 0.0761. The van der Waals surface area contributed by atoms with Crippen LogP contribution in [-0.2, 0) is 10.2 Å². The van der Waals surface area contributed by atoms with E-state index in [0.717, 1.165) is 6.07 Å². The van der Waals surface area contributed by atoms with Crippen LogP contribution in [0.3, 0.4) is 0 Å². The van der Waals surface area contributed by atoms with E-state index in [9.17, 15) is 20.1 Å². The summed E-state index contributed by atoms with van der Waals surface area (Å²) in [5, 5.41) is 46.2. The van der Waals surface area contributed by atoms with Gasteiger partial charge in [0.2, 0.25) is 11.5 Å². The Hall–Kier alpha value is -2.11. The molecule has 5 N–H and O–H groups in total. The predicted octanol–water partition coefficient (Wildman–Crippen LogP) is 0.625. The number of rotatable bonds is 2. The SMILES string of the molecule is O=C(O)C1(c2cc(O)c(O)c(O)c2O)CC1. The summed E-state index contributed by atoms with van der Waals surface area (Å²) in [5.41, 5.74) is -1.33. The fourth-order valence-corrected chi connectivity index (χ4v) is 1.72. The van der Waals surface area contributed by atoms with Crippen molar-refractivity contribution in [2.45, 2.75) is 18.3 Å². The Balaban J connectivity index is 2.63. The van der Waals surface area contributed by atoms with Gasteiger partial charge in [0.1, 0.15) is 0 Å². The van der Waals surface area contributed by atoms with Gasteiger partial charge in [0.05, 0.1) is 5.41 Å². The van der Waals surface area contributed by atoms with Crippen LogP contribution in [0.25, 0.3) is 0 Å². The molecule has 0 unspecified atom stereocenters. The smallest absolute Gasteiger partial charge is 0.314 e. The average Bonchev–Trinajstić information content (AvgIpc) is 3.01. The summed E-state index contributed by atoms with van der Waals surface area (Å²) in [4.78, 5) is 11.0. The lowest BCUT2D eigenvalue weighted by Gasteiger charge is -2.14. The molecule has 2 rings (SSSR count). The molecule has 0 spiro atoms. The lowest BCUT2D eigenvalue weighted by atomic mass is 9.94. The van der Waals surface area contributed by atoms with Crippen LogP contribution >= 0.6 is 0 Å². The molecule has 0 radical (unpaired) electrons. The lowest BCUT2D eigenvalue weighted by molar-refractivity contribution is -0.140. The number of carboxylic acids is 1. The second-order valence-corrected chi connectivity index (χ2v) is 3.88. The molecule has 1 fully saturated rings. The van der Waals surface area contributed by atoms with E-state index in [-0.39, 0.29) is 5.56 Å². The molecule has 1 aromatic carbocycles. The standard InChI is InChI=1S/C10H10O6/c11-5-3-4(6(12)8(14)7(5)13)10(1-2-10)9(15)16/h3,11-14H,1-2H2,(H,15,16). The summed E-state index contributed by atoms with van der Waals surface area (Å²) < 4.78 is 0. The van der Waals surface area contributed by atoms with Crippen LogP contribution in [0.4, 0.5) is 0 Å². The van der Waals surface area contributed by atoms with Gasteiger partial charge < -0.3 is 25.5 Å². The van der Waals surface area contributed by atoms with Crippen LogP contribution in [0.2, 0.25) is 0 Å². The minimum atomic E-state index is -1.26. The van der Waals surface area contributed by atoms with E-state index >= 15 is 0 Å². The number of aromatic hydroxyl groups is 4. The molecule has 1 aliphatic carbocycles. The summed E-state index contributed by atoms with van der Waals surface area (Å²) in [6.07, 6.45) is 0.638. The molecule has 1 saturated carbocycles. The van der Waals surface area contributed by atoms with Crippen molar-refractivity contribution < 1.29 is 30.3 Å². The highest BCUT2D eigenvalue weighted by Crippen LogP contribution is 2.56. The first-order chi connectivity index (χ1) is 7.40. The van der Waals surface area contributed by atoms with E-state index < -0.39 is 34.4 Å². The molecule has 0 aliphatic heterocycles. The molecule has 0 bridgehead atoms. The number of phenolic OH excluding ortho intramolecular Hbond substituents is 4. The summed E-state index contributed by atoms with van der Waals surface area (Å²) in [6, 6.07) is 0.964. The Kier molecular flexibility index (Phi) is 1.91. The molecule has 0 amide bonds. The molecule has 6 nitrogen and oxygen atoms in total. The van der Waals surface area contributed by atoms with Crippen molar-refractivity contribution in [2.24, 2.45) is 0 Å². The van der Waals surface area contributed by atoms with E-state index in [1.54, 1.807) is 0 Å². The van der Waals surface area contributed by atoms with Crippen LogP contribution < -0.4 is 0 Å². The van der Waals surface area contributed by atoms with Gasteiger partial charge in [-0.2, -0.15) is 0 Å². The highest BCUT2D eigenvalue weighted by molar-refractivity contribution is 5.87. The van der Waals surface area contributed by atoms with Gasteiger partial charge >= 0.3 is 5.97 Å². The fourth-order valence-electron chi connectivity index (χ4n) is 1.72. The zero-order chi connectivity index (χ0) is 12.1. The highest BCUT2D eigenvalue weighted by Gasteiger charge is 2.54. The second kappa shape index (κ2) is 2.94. The van der Waals surface area contributed by atoms with Crippen LogP contribution in [0.15, 0.2) is 6.07 Å². The third kappa shape index (κ3) is 1.16. The Morgan fingerprint density at radius 2 is 1.62 bits per heavy atom. The average molecular weight is 226 g/mol. The van der Waals surface area contributed by atoms with E-state index in [4.69, 9.17) is 10.2 Å². The summed E-state index contributed by atoms with van der Waals surface area (Å²) >= 11 is 0. The van der Waals surface area contributed by atoms with E-state index in [0.29, 0.717) is 12.8 Å². The molecule has 86 valence electrons. The molecule has 1 aromatic rings. The maximum Gasteiger partial charge on any atom is 0.314 e. The molecule has 6 heteroatoms. The first kappa shape index (κ1) is 10.4. The molecule has 0 saturated heterocycles. The number of carbonyl (C=O) groups is 1. The van der Waals surface area contributed by atoms with Crippen LogP contribution in [0, 0.1) is 0 Å². The van der Waals surface area contributed by atoms with E-state index in [1.807, 2.05) is 0 Å². The molecule has 0 heterocycles. The number of carboxylic acid groups (broad SMARTS) is 1. The van der Waals surface area contributed by atoms with Crippen molar-refractivity contribution >= 4 is 5.97 Å². The third-order valence-corrected chi connectivity index (χ3v) is 2.90. The zero-order valence-electron chi connectivity index (χ0n) is 8.14. The molecule has 0 aromatic heterocycles. The van der Waals surface area contributed by atoms with Gasteiger partial charge in [-0.15, -0.1) is 0 Å². The van der Waals surface area contributed by atoms with Gasteiger partial charge in [0, 0.05) is 5.56 Å². The number of aliphatic carboxylic acids is 1. The largest absolute Gasteiger partial charge is 0.504 e. The zero-order valence-corrected chi connectivity index (χ0v) is 8.14. The maximum absolute atomic E-state index is 11.0. The van der Waals surface area contributed by atoms with E-state index in [1.165, 1.54) is 0 Å². The molecule has 0 atom stereocenters. The van der Waals surface area contributed by atoms with Crippen LogP contribution in [0.1, 0.15) is 18.4 Å². The van der Waals surface area contributed by atoms with Crippen molar-refractivity contribution in [3.05, 3.63) is 11.6 Å². The molecular formula is C10H10O6. The number of hydrogen-bond acceptors (Lipinski definition) is 5. The van der Waals surface area contributed by atoms with Crippen molar-refractivity contribution in [1.29, 1.82) is 0 Å². The van der Waals surface area contributed by atoms with Gasteiger partial charge in [-0.25, -0.2) is 0 Å². The van der Waals surface area contributed by atoms with Crippen molar-refractivity contribution in [2.75, 3.05) is 0 Å². The quantitative estimate of drug-likeness (QED) is 0.372. The number of hydrogen-bond donors (Lipinski definition) is 5. The Morgan fingerprint density at radius 1 is 1.06 bits per heavy atom. The Morgan fingerprint density at radius 3 is 2.06 bits per heavy atom. The maximum atomic E-state index is 11.0. The van der Waals surface area contributed by atoms with Crippen LogP contribution in [0.5, 0.6) is 23.0 Å². The van der Waals surface area contributed by atoms with Crippen molar-refractivity contribution in [3.8, 4) is 23.0 Å². The minimum Gasteiger partial charge on any atom is -0.504 e. The lowest BCUT2D eigenvalue weighted by Crippen LogP contribution is -2.19. The topological polar surface area (TPSA) is 118 Å². The van der Waals surface area contributed by atoms with Gasteiger partial charge in [-0.1, -0.05) is 0 Å². The first-order valence-corrected chi connectivity index (χ1v) is 4.61. The van der Waals surface area contributed by atoms with Gasteiger partial charge in [-0.05, 0) is 18.9 Å². The van der Waals surface area contributed by atoms with E-state index in [2.05, 4.69) is 0 Å². The molecule has 16 heavy (non-hydrogen) atoms. The van der Waals surface area contributed by atoms with Crippen molar-refractivity contribution in [3.63, 3.8) is 0 Å².